The summed E-state index contributed by atoms with van der Waals surface area (Å²) in [5.74, 6) is 0.238. The topological polar surface area (TPSA) is 46.2 Å². The van der Waals surface area contributed by atoms with Gasteiger partial charge in [-0.3, -0.25) is 0 Å². The maximum absolute atomic E-state index is 10.0. The summed E-state index contributed by atoms with van der Waals surface area (Å²) in [6, 6.07) is 9.39. The minimum absolute atomic E-state index is 0.238. The zero-order valence-corrected chi connectivity index (χ0v) is 10.4. The molecule has 17 heavy (non-hydrogen) atoms. The molecule has 2 heteroatoms. The van der Waals surface area contributed by atoms with Crippen molar-refractivity contribution in [2.75, 3.05) is 5.73 Å². The van der Waals surface area contributed by atoms with E-state index < -0.39 is 0 Å². The third-order valence-electron chi connectivity index (χ3n) is 3.27. The Bertz CT molecular complexity index is 553. The average molecular weight is 227 g/mol. The van der Waals surface area contributed by atoms with Crippen LogP contribution in [-0.2, 0) is 0 Å². The van der Waals surface area contributed by atoms with Crippen LogP contribution in [0.15, 0.2) is 30.3 Å². The highest BCUT2D eigenvalue weighted by molar-refractivity contribution is 5.85. The van der Waals surface area contributed by atoms with E-state index in [0.717, 1.165) is 16.7 Å². The lowest BCUT2D eigenvalue weighted by Crippen LogP contribution is -1.96. The van der Waals surface area contributed by atoms with Crippen LogP contribution in [0.5, 0.6) is 5.75 Å². The van der Waals surface area contributed by atoms with Gasteiger partial charge in [0.05, 0.1) is 0 Å². The summed E-state index contributed by atoms with van der Waals surface area (Å²) >= 11 is 0. The number of phenols is 1. The lowest BCUT2D eigenvalue weighted by Gasteiger charge is -2.15. The van der Waals surface area contributed by atoms with Crippen LogP contribution in [0, 0.1) is 20.8 Å². The zero-order chi connectivity index (χ0) is 12.6. The first-order chi connectivity index (χ1) is 8.02. The quantitative estimate of drug-likeness (QED) is 0.732. The van der Waals surface area contributed by atoms with Gasteiger partial charge in [0.1, 0.15) is 5.75 Å². The Morgan fingerprint density at radius 2 is 1.53 bits per heavy atom. The van der Waals surface area contributed by atoms with Gasteiger partial charge < -0.3 is 10.8 Å². The van der Waals surface area contributed by atoms with Gasteiger partial charge in [0.15, 0.2) is 0 Å². The molecular formula is C15H17NO. The molecule has 2 aromatic carbocycles. The fourth-order valence-corrected chi connectivity index (χ4v) is 2.17. The smallest absolute Gasteiger partial charge is 0.125 e. The summed E-state index contributed by atoms with van der Waals surface area (Å²) in [5, 5.41) is 10.0. The fourth-order valence-electron chi connectivity index (χ4n) is 2.17. The molecular weight excluding hydrogens is 210 g/mol. The molecule has 0 unspecified atom stereocenters. The molecule has 0 radical (unpaired) electrons. The van der Waals surface area contributed by atoms with E-state index in [2.05, 4.69) is 26.0 Å². The number of hydrogen-bond donors (Lipinski definition) is 2. The maximum Gasteiger partial charge on any atom is 0.125 e. The number of anilines is 1. The second-order valence-electron chi connectivity index (χ2n) is 4.44. The number of hydrogen-bond acceptors (Lipinski definition) is 2. The summed E-state index contributed by atoms with van der Waals surface area (Å²) in [4.78, 5) is 0. The van der Waals surface area contributed by atoms with Crippen molar-refractivity contribution in [1.82, 2.24) is 0 Å². The molecule has 0 aliphatic rings. The van der Waals surface area contributed by atoms with Crippen LogP contribution in [0.1, 0.15) is 16.7 Å². The summed E-state index contributed by atoms with van der Waals surface area (Å²) in [5.41, 5.74) is 11.9. The number of aryl methyl sites for hydroxylation is 2. The van der Waals surface area contributed by atoms with Gasteiger partial charge in [-0.25, -0.2) is 0 Å². The van der Waals surface area contributed by atoms with Gasteiger partial charge in [-0.2, -0.15) is 0 Å². The van der Waals surface area contributed by atoms with E-state index in [1.165, 1.54) is 11.1 Å². The van der Waals surface area contributed by atoms with Crippen molar-refractivity contribution >= 4 is 5.69 Å². The Labute approximate surface area is 102 Å². The van der Waals surface area contributed by atoms with Gasteiger partial charge in [0.2, 0.25) is 0 Å². The number of nitrogens with two attached hydrogens (primary N) is 1. The summed E-state index contributed by atoms with van der Waals surface area (Å²) in [6.07, 6.45) is 0. The molecule has 0 heterocycles. The van der Waals surface area contributed by atoms with Crippen molar-refractivity contribution in [2.45, 2.75) is 20.8 Å². The fraction of sp³-hybridized carbons (Fsp3) is 0.200. The van der Waals surface area contributed by atoms with Crippen molar-refractivity contribution in [2.24, 2.45) is 0 Å². The minimum atomic E-state index is 0.238. The van der Waals surface area contributed by atoms with Crippen molar-refractivity contribution < 1.29 is 5.11 Å². The van der Waals surface area contributed by atoms with Crippen molar-refractivity contribution in [1.29, 1.82) is 0 Å². The van der Waals surface area contributed by atoms with Crippen LogP contribution in [0.25, 0.3) is 11.1 Å². The monoisotopic (exact) mass is 227 g/mol. The number of nitrogen functional groups attached to an aromatic ring is 1. The van der Waals surface area contributed by atoms with E-state index in [-0.39, 0.29) is 5.75 Å². The molecule has 0 fully saturated rings. The molecule has 0 aliphatic carbocycles. The molecule has 3 N–H and O–H groups in total. The van der Waals surface area contributed by atoms with E-state index in [9.17, 15) is 5.11 Å². The van der Waals surface area contributed by atoms with Crippen LogP contribution in [0.2, 0.25) is 0 Å². The molecule has 0 amide bonds. The highest BCUT2D eigenvalue weighted by Crippen LogP contribution is 2.38. The third-order valence-corrected chi connectivity index (χ3v) is 3.27. The molecule has 0 bridgehead atoms. The van der Waals surface area contributed by atoms with E-state index in [0.29, 0.717) is 5.69 Å². The van der Waals surface area contributed by atoms with E-state index in [1.54, 1.807) is 12.1 Å². The normalized spacial score (nSPS) is 10.5. The minimum Gasteiger partial charge on any atom is -0.507 e. The highest BCUT2D eigenvalue weighted by atomic mass is 16.3. The molecule has 0 saturated carbocycles. The van der Waals surface area contributed by atoms with Gasteiger partial charge in [-0.15, -0.1) is 0 Å². The number of rotatable bonds is 1. The van der Waals surface area contributed by atoms with E-state index in [4.69, 9.17) is 5.73 Å². The summed E-state index contributed by atoms with van der Waals surface area (Å²) in [7, 11) is 0. The summed E-state index contributed by atoms with van der Waals surface area (Å²) in [6.45, 7) is 6.16. The number of benzene rings is 2. The van der Waals surface area contributed by atoms with Gasteiger partial charge in [-0.1, -0.05) is 18.2 Å². The summed E-state index contributed by atoms with van der Waals surface area (Å²) < 4.78 is 0. The number of aromatic hydroxyl groups is 1. The van der Waals surface area contributed by atoms with Crippen LogP contribution < -0.4 is 5.73 Å². The molecule has 0 spiro atoms. The van der Waals surface area contributed by atoms with Gasteiger partial charge in [0, 0.05) is 11.3 Å². The maximum atomic E-state index is 10.0. The van der Waals surface area contributed by atoms with Gasteiger partial charge in [-0.05, 0) is 55.2 Å². The molecule has 2 nitrogen and oxygen atoms in total. The largest absolute Gasteiger partial charge is 0.507 e. The van der Waals surface area contributed by atoms with Crippen molar-refractivity contribution in [3.63, 3.8) is 0 Å². The first-order valence-electron chi connectivity index (χ1n) is 5.67. The van der Waals surface area contributed by atoms with Crippen LogP contribution in [-0.4, -0.2) is 5.11 Å². The Morgan fingerprint density at radius 1 is 0.882 bits per heavy atom. The first-order valence-corrected chi connectivity index (χ1v) is 5.67. The van der Waals surface area contributed by atoms with Crippen molar-refractivity contribution in [3.05, 3.63) is 47.0 Å². The first kappa shape index (κ1) is 11.5. The Balaban J connectivity index is 2.82. The molecule has 0 aliphatic heterocycles. The molecule has 2 aromatic rings. The molecule has 0 saturated heterocycles. The van der Waals surface area contributed by atoms with E-state index in [1.807, 2.05) is 13.0 Å². The van der Waals surface area contributed by atoms with Crippen LogP contribution >= 0.6 is 0 Å². The molecule has 2 rings (SSSR count). The molecule has 0 atom stereocenters. The molecule has 0 aromatic heterocycles. The van der Waals surface area contributed by atoms with Crippen LogP contribution in [0.3, 0.4) is 0 Å². The standard InChI is InChI=1S/C15H17NO/c1-9-7-8-10(2)14(11(9)3)15-12(16)5-4-6-13(15)17/h4-8,17H,16H2,1-3H3. The Kier molecular flexibility index (Phi) is 2.80. The molecule has 88 valence electrons. The lowest BCUT2D eigenvalue weighted by atomic mass is 9.91. The predicted octanol–water partition coefficient (Wildman–Crippen LogP) is 3.57. The SMILES string of the molecule is Cc1ccc(C)c(-c2c(N)cccc2O)c1C. The second-order valence-corrected chi connectivity index (χ2v) is 4.44. The van der Waals surface area contributed by atoms with Crippen molar-refractivity contribution in [3.8, 4) is 16.9 Å². The Morgan fingerprint density at radius 3 is 2.18 bits per heavy atom. The third kappa shape index (κ3) is 1.86. The second kappa shape index (κ2) is 4.13. The van der Waals surface area contributed by atoms with Gasteiger partial charge >= 0.3 is 0 Å². The van der Waals surface area contributed by atoms with E-state index >= 15 is 0 Å². The van der Waals surface area contributed by atoms with Crippen LogP contribution in [0.4, 0.5) is 5.69 Å². The van der Waals surface area contributed by atoms with Gasteiger partial charge in [0.25, 0.3) is 0 Å². The predicted molar refractivity (Wildman–Crippen MR) is 72.2 cm³/mol. The number of phenolic OH excluding ortho intramolecular Hbond substituents is 1. The highest BCUT2D eigenvalue weighted by Gasteiger charge is 2.14. The zero-order valence-electron chi connectivity index (χ0n) is 10.4. The lowest BCUT2D eigenvalue weighted by molar-refractivity contribution is 0.477. The average Bonchev–Trinajstić information content (AvgIpc) is 2.28. The Hall–Kier alpha value is -1.96.